The maximum absolute atomic E-state index is 6.23. The standard InChI is InChI=1S/C15H18ClN3/c16-12-5-3-4-11(8-12)9-17-15-13-6-1-2-7-14(13)18-10-19-15/h1-2,6-7,10-12H,3-5,8-9H2,(H,17,18,19). The fraction of sp³-hybridized carbons (Fsp3) is 0.467. The summed E-state index contributed by atoms with van der Waals surface area (Å²) in [5.41, 5.74) is 0.985. The van der Waals surface area contributed by atoms with Crippen molar-refractivity contribution in [3.05, 3.63) is 30.6 Å². The molecule has 3 nitrogen and oxygen atoms in total. The number of anilines is 1. The number of halogens is 1. The number of hydrogen-bond donors (Lipinski definition) is 1. The molecule has 1 aliphatic carbocycles. The third kappa shape index (κ3) is 2.98. The molecule has 1 fully saturated rings. The largest absolute Gasteiger partial charge is 0.369 e. The first-order chi connectivity index (χ1) is 9.33. The molecular weight excluding hydrogens is 258 g/mol. The van der Waals surface area contributed by atoms with Crippen LogP contribution in [-0.4, -0.2) is 21.9 Å². The second-order valence-electron chi connectivity index (χ2n) is 5.25. The van der Waals surface area contributed by atoms with Gasteiger partial charge in [0.2, 0.25) is 0 Å². The number of nitrogens with zero attached hydrogens (tertiary/aromatic N) is 2. The second-order valence-corrected chi connectivity index (χ2v) is 5.87. The Balaban J connectivity index is 1.71. The van der Waals surface area contributed by atoms with Crippen LogP contribution in [0.2, 0.25) is 0 Å². The Morgan fingerprint density at radius 2 is 2.11 bits per heavy atom. The van der Waals surface area contributed by atoms with Crippen molar-refractivity contribution in [2.45, 2.75) is 31.1 Å². The molecule has 100 valence electrons. The maximum Gasteiger partial charge on any atom is 0.137 e. The molecule has 2 atom stereocenters. The van der Waals surface area contributed by atoms with Crippen LogP contribution in [0.15, 0.2) is 30.6 Å². The van der Waals surface area contributed by atoms with Crippen LogP contribution in [0, 0.1) is 5.92 Å². The molecule has 1 heterocycles. The molecule has 0 radical (unpaired) electrons. The number of para-hydroxylation sites is 1. The Bertz CT molecular complexity index is 553. The second kappa shape index (κ2) is 5.74. The summed E-state index contributed by atoms with van der Waals surface area (Å²) < 4.78 is 0. The van der Waals surface area contributed by atoms with E-state index in [4.69, 9.17) is 11.6 Å². The minimum absolute atomic E-state index is 0.350. The van der Waals surface area contributed by atoms with Crippen LogP contribution in [-0.2, 0) is 0 Å². The lowest BCUT2D eigenvalue weighted by Gasteiger charge is -2.25. The molecule has 0 aliphatic heterocycles. The van der Waals surface area contributed by atoms with Gasteiger partial charge in [-0.05, 0) is 37.3 Å². The normalized spacial score (nSPS) is 23.4. The van der Waals surface area contributed by atoms with Crippen LogP contribution in [0.3, 0.4) is 0 Å². The number of nitrogens with one attached hydrogen (secondary N) is 1. The fourth-order valence-electron chi connectivity index (χ4n) is 2.80. The molecule has 0 bridgehead atoms. The molecule has 1 saturated carbocycles. The first-order valence-corrected chi connectivity index (χ1v) is 7.34. The molecule has 1 aromatic heterocycles. The van der Waals surface area contributed by atoms with Crippen molar-refractivity contribution in [1.29, 1.82) is 0 Å². The summed E-state index contributed by atoms with van der Waals surface area (Å²) in [5.74, 6) is 1.59. The molecule has 3 rings (SSSR count). The smallest absolute Gasteiger partial charge is 0.137 e. The average Bonchev–Trinajstić information content (AvgIpc) is 2.45. The van der Waals surface area contributed by atoms with Gasteiger partial charge in [0.25, 0.3) is 0 Å². The van der Waals surface area contributed by atoms with E-state index >= 15 is 0 Å². The van der Waals surface area contributed by atoms with Gasteiger partial charge in [-0.2, -0.15) is 0 Å². The van der Waals surface area contributed by atoms with Crippen molar-refractivity contribution < 1.29 is 0 Å². The van der Waals surface area contributed by atoms with Gasteiger partial charge >= 0.3 is 0 Å². The topological polar surface area (TPSA) is 37.8 Å². The summed E-state index contributed by atoms with van der Waals surface area (Å²) in [4.78, 5) is 8.63. The number of fused-ring (bicyclic) bond motifs is 1. The van der Waals surface area contributed by atoms with E-state index in [1.807, 2.05) is 18.2 Å². The van der Waals surface area contributed by atoms with Gasteiger partial charge in [0.1, 0.15) is 12.1 Å². The summed E-state index contributed by atoms with van der Waals surface area (Å²) in [7, 11) is 0. The van der Waals surface area contributed by atoms with Gasteiger partial charge in [-0.1, -0.05) is 18.6 Å². The van der Waals surface area contributed by atoms with E-state index in [2.05, 4.69) is 21.4 Å². The Kier molecular flexibility index (Phi) is 3.83. The first kappa shape index (κ1) is 12.7. The van der Waals surface area contributed by atoms with Gasteiger partial charge in [-0.25, -0.2) is 9.97 Å². The Labute approximate surface area is 118 Å². The minimum Gasteiger partial charge on any atom is -0.369 e. The fourth-order valence-corrected chi connectivity index (χ4v) is 3.20. The van der Waals surface area contributed by atoms with E-state index in [1.54, 1.807) is 6.33 Å². The Morgan fingerprint density at radius 1 is 1.21 bits per heavy atom. The van der Waals surface area contributed by atoms with Gasteiger partial charge < -0.3 is 5.32 Å². The number of rotatable bonds is 3. The maximum atomic E-state index is 6.23. The van der Waals surface area contributed by atoms with E-state index in [-0.39, 0.29) is 0 Å². The van der Waals surface area contributed by atoms with E-state index in [9.17, 15) is 0 Å². The summed E-state index contributed by atoms with van der Waals surface area (Å²) in [6, 6.07) is 8.09. The molecule has 1 N–H and O–H groups in total. The third-order valence-corrected chi connectivity index (χ3v) is 4.22. The zero-order chi connectivity index (χ0) is 13.1. The van der Waals surface area contributed by atoms with E-state index in [0.29, 0.717) is 11.3 Å². The molecule has 2 unspecified atom stereocenters. The average molecular weight is 276 g/mol. The quantitative estimate of drug-likeness (QED) is 0.865. The monoisotopic (exact) mass is 275 g/mol. The van der Waals surface area contributed by atoms with Crippen molar-refractivity contribution in [1.82, 2.24) is 9.97 Å². The number of alkyl halides is 1. The highest BCUT2D eigenvalue weighted by Crippen LogP contribution is 2.28. The van der Waals surface area contributed by atoms with Crippen LogP contribution in [0.25, 0.3) is 10.9 Å². The Morgan fingerprint density at radius 3 is 3.00 bits per heavy atom. The summed E-state index contributed by atoms with van der Waals surface area (Å²) in [6.45, 7) is 0.949. The van der Waals surface area contributed by atoms with Gasteiger partial charge in [0.05, 0.1) is 5.52 Å². The van der Waals surface area contributed by atoms with Crippen molar-refractivity contribution in [2.24, 2.45) is 5.92 Å². The number of aromatic nitrogens is 2. The molecule has 0 spiro atoms. The van der Waals surface area contributed by atoms with Gasteiger partial charge in [0, 0.05) is 17.3 Å². The molecule has 19 heavy (non-hydrogen) atoms. The van der Waals surface area contributed by atoms with E-state index < -0.39 is 0 Å². The minimum atomic E-state index is 0.350. The van der Waals surface area contributed by atoms with Crippen molar-refractivity contribution >= 4 is 28.3 Å². The zero-order valence-corrected chi connectivity index (χ0v) is 11.6. The number of hydrogen-bond acceptors (Lipinski definition) is 3. The van der Waals surface area contributed by atoms with Crippen molar-refractivity contribution in [2.75, 3.05) is 11.9 Å². The first-order valence-electron chi connectivity index (χ1n) is 6.90. The van der Waals surface area contributed by atoms with Gasteiger partial charge in [-0.3, -0.25) is 0 Å². The molecule has 4 heteroatoms. The summed E-state index contributed by atoms with van der Waals surface area (Å²) >= 11 is 6.23. The molecule has 0 saturated heterocycles. The van der Waals surface area contributed by atoms with Crippen LogP contribution in [0.5, 0.6) is 0 Å². The predicted octanol–water partition coefficient (Wildman–Crippen LogP) is 3.84. The van der Waals surface area contributed by atoms with Crippen molar-refractivity contribution in [3.63, 3.8) is 0 Å². The van der Waals surface area contributed by atoms with Crippen LogP contribution in [0.1, 0.15) is 25.7 Å². The van der Waals surface area contributed by atoms with E-state index in [0.717, 1.165) is 36.1 Å². The third-order valence-electron chi connectivity index (χ3n) is 3.82. The number of benzene rings is 1. The molecular formula is C15H18ClN3. The highest BCUT2D eigenvalue weighted by molar-refractivity contribution is 6.20. The highest BCUT2D eigenvalue weighted by atomic mass is 35.5. The SMILES string of the molecule is ClC1CCCC(CNc2ncnc3ccccc23)C1. The van der Waals surface area contributed by atoms with Crippen LogP contribution >= 0.6 is 11.6 Å². The zero-order valence-electron chi connectivity index (χ0n) is 10.8. The van der Waals surface area contributed by atoms with Crippen LogP contribution < -0.4 is 5.32 Å². The van der Waals surface area contributed by atoms with E-state index in [1.165, 1.54) is 12.8 Å². The van der Waals surface area contributed by atoms with Gasteiger partial charge in [-0.15, -0.1) is 11.6 Å². The lowest BCUT2D eigenvalue weighted by molar-refractivity contribution is 0.378. The Hall–Kier alpha value is -1.35. The predicted molar refractivity (Wildman–Crippen MR) is 79.6 cm³/mol. The highest BCUT2D eigenvalue weighted by Gasteiger charge is 2.20. The van der Waals surface area contributed by atoms with Crippen LogP contribution in [0.4, 0.5) is 5.82 Å². The molecule has 1 aromatic carbocycles. The summed E-state index contributed by atoms with van der Waals surface area (Å²) in [5, 5.41) is 4.90. The van der Waals surface area contributed by atoms with Gasteiger partial charge in [0.15, 0.2) is 0 Å². The molecule has 1 aliphatic rings. The molecule has 2 aromatic rings. The lowest BCUT2D eigenvalue weighted by atomic mass is 9.89. The van der Waals surface area contributed by atoms with Crippen molar-refractivity contribution in [3.8, 4) is 0 Å². The molecule has 0 amide bonds. The lowest BCUT2D eigenvalue weighted by Crippen LogP contribution is -2.22. The summed E-state index contributed by atoms with van der Waals surface area (Å²) in [6.07, 6.45) is 6.40.